The first kappa shape index (κ1) is 40.8. The molecule has 4 heterocycles. The molecule has 14 nitrogen and oxygen atoms in total. The van der Waals surface area contributed by atoms with Gasteiger partial charge < -0.3 is 36.0 Å². The van der Waals surface area contributed by atoms with E-state index in [0.717, 1.165) is 17.7 Å². The average Bonchev–Trinajstić information content (AvgIpc) is 3.47. The molecule has 1 saturated carbocycles. The minimum atomic E-state index is -1.47. The van der Waals surface area contributed by atoms with E-state index in [1.807, 2.05) is 13.8 Å². The van der Waals surface area contributed by atoms with Crippen molar-refractivity contribution >= 4 is 47.0 Å². The molecule has 2 unspecified atom stereocenters. The first-order valence-corrected chi connectivity index (χ1v) is 20.3. The number of piperidine rings is 1. The second kappa shape index (κ2) is 16.1. The highest BCUT2D eigenvalue weighted by Gasteiger charge is 2.74. The fourth-order valence-electron chi connectivity index (χ4n) is 9.76. The van der Waals surface area contributed by atoms with Gasteiger partial charge in [0, 0.05) is 37.8 Å². The fraction of sp³-hybridized carbons (Fsp3) is 0.548. The van der Waals surface area contributed by atoms with Gasteiger partial charge in [-0.3, -0.25) is 28.8 Å². The van der Waals surface area contributed by atoms with Gasteiger partial charge in [0.1, 0.15) is 47.4 Å². The van der Waals surface area contributed by atoms with Crippen molar-refractivity contribution in [2.24, 2.45) is 17.8 Å². The monoisotopic (exact) mass is 803 g/mol. The Labute approximate surface area is 335 Å². The van der Waals surface area contributed by atoms with E-state index in [0.29, 0.717) is 50.3 Å². The molecule has 4 N–H and O–H groups in total. The lowest BCUT2D eigenvalue weighted by atomic mass is 9.90. The van der Waals surface area contributed by atoms with Gasteiger partial charge in [0.2, 0.25) is 29.5 Å². The summed E-state index contributed by atoms with van der Waals surface area (Å²) >= 11 is 0. The number of hydrogen-bond donors (Lipinski definition) is 4. The predicted molar refractivity (Wildman–Crippen MR) is 207 cm³/mol. The summed E-state index contributed by atoms with van der Waals surface area (Å²) < 4.78 is 28.8. The molecule has 7 rings (SSSR count). The number of carbonyl (C=O) groups excluding carboxylic acids is 7. The van der Waals surface area contributed by atoms with Gasteiger partial charge in [0.15, 0.2) is 5.78 Å². The molecule has 310 valence electrons. The van der Waals surface area contributed by atoms with Crippen molar-refractivity contribution in [1.82, 2.24) is 30.7 Å². The summed E-state index contributed by atoms with van der Waals surface area (Å²) in [6.07, 6.45) is 2.44. The molecule has 0 aromatic heterocycles. The Bertz CT molecular complexity index is 1990. The van der Waals surface area contributed by atoms with Crippen molar-refractivity contribution in [1.29, 1.82) is 0 Å². The van der Waals surface area contributed by atoms with Gasteiger partial charge in [-0.1, -0.05) is 31.5 Å². The predicted octanol–water partition coefficient (Wildman–Crippen LogP) is 2.82. The number of amides is 7. The van der Waals surface area contributed by atoms with Gasteiger partial charge in [0.25, 0.3) is 0 Å². The summed E-state index contributed by atoms with van der Waals surface area (Å²) in [6, 6.07) is 3.13. The molecule has 1 aliphatic carbocycles. The molecule has 4 aliphatic heterocycles. The Morgan fingerprint density at radius 2 is 1.52 bits per heavy atom. The molecule has 5 fully saturated rings. The van der Waals surface area contributed by atoms with E-state index >= 15 is 0 Å². The molecular weight excluding hydrogens is 752 g/mol. The quantitative estimate of drug-likeness (QED) is 0.347. The van der Waals surface area contributed by atoms with Crippen LogP contribution in [0.4, 0.5) is 19.3 Å². The van der Waals surface area contributed by atoms with Crippen LogP contribution in [0.25, 0.3) is 0 Å². The van der Waals surface area contributed by atoms with Gasteiger partial charge in [-0.25, -0.2) is 13.6 Å². The Balaban J connectivity index is 1.25. The first-order valence-electron chi connectivity index (χ1n) is 20.3. The largest absolute Gasteiger partial charge is 0.343 e. The molecule has 9 atom stereocenters. The summed E-state index contributed by atoms with van der Waals surface area (Å²) in [5.74, 6) is -6.78. The highest BCUT2D eigenvalue weighted by Crippen LogP contribution is 2.57. The van der Waals surface area contributed by atoms with Crippen LogP contribution in [-0.2, 0) is 35.2 Å². The third-order valence-corrected chi connectivity index (χ3v) is 12.6. The molecule has 0 radical (unpaired) electrons. The zero-order valence-electron chi connectivity index (χ0n) is 33.2. The SMILES string of the molecule is Cc1ccc(NC(=O)N[C@@H](Cc2cc(F)cc(F)c2)C(=O)N[C@@H]2C(=O)N3CCC[C@H]3C(=O)N3CCCC[C@H]3C(=O)N[C@@H](C)C(=O)N3C[C@H](C)CC34C(=O)C4[C@@H]2C)cc1. The van der Waals surface area contributed by atoms with Crippen molar-refractivity contribution in [3.63, 3.8) is 0 Å². The zero-order chi connectivity index (χ0) is 41.6. The molecule has 0 bridgehead atoms. The number of urea groups is 1. The van der Waals surface area contributed by atoms with Crippen molar-refractivity contribution in [3.05, 3.63) is 65.2 Å². The molecular formula is C42H51F2N7O7. The number of fused-ring (bicyclic) bond motifs is 2. The zero-order valence-corrected chi connectivity index (χ0v) is 33.2. The number of nitrogens with one attached hydrogen (secondary N) is 4. The second-order valence-corrected chi connectivity index (χ2v) is 16.8. The van der Waals surface area contributed by atoms with E-state index in [4.69, 9.17) is 0 Å². The maximum absolute atomic E-state index is 15.0. The Hall–Kier alpha value is -5.41. The van der Waals surface area contributed by atoms with Gasteiger partial charge in [0.05, 0.1) is 5.92 Å². The Morgan fingerprint density at radius 1 is 0.862 bits per heavy atom. The van der Waals surface area contributed by atoms with Crippen LogP contribution in [0.2, 0.25) is 0 Å². The Morgan fingerprint density at radius 3 is 2.22 bits per heavy atom. The van der Waals surface area contributed by atoms with Crippen LogP contribution in [0, 0.1) is 36.3 Å². The number of anilines is 1. The van der Waals surface area contributed by atoms with Gasteiger partial charge in [-0.15, -0.1) is 0 Å². The molecule has 4 saturated heterocycles. The number of ketones is 1. The fourth-order valence-corrected chi connectivity index (χ4v) is 9.76. The summed E-state index contributed by atoms with van der Waals surface area (Å²) in [5, 5.41) is 10.9. The van der Waals surface area contributed by atoms with Crippen LogP contribution < -0.4 is 21.3 Å². The molecule has 2 aromatic carbocycles. The van der Waals surface area contributed by atoms with Gasteiger partial charge in [-0.05, 0) is 94.0 Å². The van der Waals surface area contributed by atoms with Crippen molar-refractivity contribution < 1.29 is 42.3 Å². The normalized spacial score (nSPS) is 30.6. The van der Waals surface area contributed by atoms with Crippen LogP contribution in [-0.4, -0.2) is 111 Å². The highest BCUT2D eigenvalue weighted by molar-refractivity contribution is 6.12. The standard InChI is InChI=1S/C42H51F2N7O7/c1-22-10-12-29(13-11-22)46-41(58)47-30(18-26-16-27(43)19-28(44)17-26)36(53)48-34-24(3)33-35(52)42(33)20-23(2)21-51(42)38(55)25(4)45-37(54)31-8-5-6-14-49(31)39(56)32-9-7-15-50(32)40(34)57/h10-13,16-17,19,23-25,30-34H,5-9,14-15,18,20-21H2,1-4H3,(H,45,54)(H,48,53)(H2,46,47,58)/t23-,24+,25+,30+,31+,32+,33?,34+,42?/m1/s1. The number of halogens is 2. The van der Waals surface area contributed by atoms with E-state index in [1.165, 1.54) is 14.7 Å². The van der Waals surface area contributed by atoms with Crippen molar-refractivity contribution in [3.8, 4) is 0 Å². The lowest BCUT2D eigenvalue weighted by molar-refractivity contribution is -0.151. The molecule has 58 heavy (non-hydrogen) atoms. The highest BCUT2D eigenvalue weighted by atomic mass is 19.1. The summed E-state index contributed by atoms with van der Waals surface area (Å²) in [6.45, 7) is 7.71. The van der Waals surface area contributed by atoms with E-state index in [2.05, 4.69) is 21.3 Å². The van der Waals surface area contributed by atoms with Crippen LogP contribution >= 0.6 is 0 Å². The number of Topliss-reactive ketones (excluding diaryl/α,β-unsaturated/α-hetero) is 1. The maximum Gasteiger partial charge on any atom is 0.319 e. The number of benzene rings is 2. The number of carbonyl (C=O) groups is 7. The molecule has 7 amide bonds. The van der Waals surface area contributed by atoms with Crippen LogP contribution in [0.1, 0.15) is 70.4 Å². The molecule has 1 spiro atoms. The molecule has 2 aromatic rings. The number of aryl methyl sites for hydroxylation is 1. The number of hydrogen-bond acceptors (Lipinski definition) is 7. The van der Waals surface area contributed by atoms with E-state index in [9.17, 15) is 42.3 Å². The third-order valence-electron chi connectivity index (χ3n) is 12.6. The summed E-state index contributed by atoms with van der Waals surface area (Å²) in [7, 11) is 0. The summed E-state index contributed by atoms with van der Waals surface area (Å²) in [4.78, 5) is 104. The lowest BCUT2D eigenvalue weighted by Gasteiger charge is -2.39. The van der Waals surface area contributed by atoms with Crippen LogP contribution in [0.3, 0.4) is 0 Å². The van der Waals surface area contributed by atoms with Gasteiger partial charge >= 0.3 is 6.03 Å². The average molecular weight is 804 g/mol. The maximum atomic E-state index is 15.0. The molecule has 5 aliphatic rings. The minimum absolute atomic E-state index is 0.0544. The second-order valence-electron chi connectivity index (χ2n) is 16.8. The first-order chi connectivity index (χ1) is 27.6. The minimum Gasteiger partial charge on any atom is -0.343 e. The van der Waals surface area contributed by atoms with E-state index < -0.39 is 94.8 Å². The smallest absolute Gasteiger partial charge is 0.319 e. The molecule has 16 heteroatoms. The lowest BCUT2D eigenvalue weighted by Crippen LogP contribution is -2.61. The van der Waals surface area contributed by atoms with E-state index in [1.54, 1.807) is 38.1 Å². The topological polar surface area (TPSA) is 177 Å². The van der Waals surface area contributed by atoms with E-state index in [-0.39, 0.29) is 43.3 Å². The third kappa shape index (κ3) is 7.76. The van der Waals surface area contributed by atoms with Crippen molar-refractivity contribution in [2.45, 2.75) is 108 Å². The van der Waals surface area contributed by atoms with Gasteiger partial charge in [-0.2, -0.15) is 0 Å². The van der Waals surface area contributed by atoms with Crippen LogP contribution in [0.15, 0.2) is 42.5 Å². The Kier molecular flexibility index (Phi) is 11.3. The van der Waals surface area contributed by atoms with Crippen LogP contribution in [0.5, 0.6) is 0 Å². The number of rotatable bonds is 6. The summed E-state index contributed by atoms with van der Waals surface area (Å²) in [5.41, 5.74) is 0.139. The van der Waals surface area contributed by atoms with Crippen molar-refractivity contribution in [2.75, 3.05) is 25.0 Å². The number of nitrogens with zero attached hydrogens (tertiary/aromatic N) is 3.